The molecule has 0 atom stereocenters. The van der Waals surface area contributed by atoms with Crippen molar-refractivity contribution in [3.8, 4) is 11.9 Å². The molecule has 7 heteroatoms. The van der Waals surface area contributed by atoms with Crippen LogP contribution in [-0.4, -0.2) is 24.7 Å². The summed E-state index contributed by atoms with van der Waals surface area (Å²) in [4.78, 5) is 14.3. The molecule has 82 valence electrons. The minimum atomic E-state index is 0.128. The molecule has 0 radical (unpaired) electrons. The van der Waals surface area contributed by atoms with E-state index in [2.05, 4.69) is 20.1 Å². The third-order valence-electron chi connectivity index (χ3n) is 2.24. The Morgan fingerprint density at radius 3 is 3.00 bits per heavy atom. The fourth-order valence-corrected chi connectivity index (χ4v) is 2.40. The summed E-state index contributed by atoms with van der Waals surface area (Å²) >= 11 is 1.60. The maximum atomic E-state index is 8.70. The standard InChI is InChI=1S/C10H6N6S/c1-6-2-7-9(12-4-13-10(7)17-6)16-5-14-8(3-11)15-16/h2,4-5H,1H3. The lowest BCUT2D eigenvalue weighted by molar-refractivity contribution is 0.845. The van der Waals surface area contributed by atoms with Gasteiger partial charge in [0.1, 0.15) is 23.6 Å². The van der Waals surface area contributed by atoms with E-state index in [4.69, 9.17) is 5.26 Å². The predicted octanol–water partition coefficient (Wildman–Crippen LogP) is 1.45. The van der Waals surface area contributed by atoms with Crippen molar-refractivity contribution in [2.24, 2.45) is 0 Å². The summed E-state index contributed by atoms with van der Waals surface area (Å²) < 4.78 is 1.49. The Hall–Kier alpha value is -2.33. The van der Waals surface area contributed by atoms with E-state index in [0.717, 1.165) is 15.1 Å². The molecule has 0 saturated carbocycles. The molecule has 0 bridgehead atoms. The molecule has 3 rings (SSSR count). The van der Waals surface area contributed by atoms with Gasteiger partial charge in [0.15, 0.2) is 5.82 Å². The largest absolute Gasteiger partial charge is 0.252 e. The van der Waals surface area contributed by atoms with E-state index in [1.54, 1.807) is 11.3 Å². The van der Waals surface area contributed by atoms with Crippen LogP contribution in [0.2, 0.25) is 0 Å². The van der Waals surface area contributed by atoms with Gasteiger partial charge in [-0.1, -0.05) is 0 Å². The fraction of sp³-hybridized carbons (Fsp3) is 0.100. The van der Waals surface area contributed by atoms with Gasteiger partial charge in [0.05, 0.1) is 5.39 Å². The lowest BCUT2D eigenvalue weighted by atomic mass is 10.3. The van der Waals surface area contributed by atoms with Crippen LogP contribution in [0.15, 0.2) is 18.7 Å². The SMILES string of the molecule is Cc1cc2c(-n3cnc(C#N)n3)ncnc2s1. The Balaban J connectivity index is 2.26. The summed E-state index contributed by atoms with van der Waals surface area (Å²) in [5.74, 6) is 0.775. The number of thiophene rings is 1. The quantitative estimate of drug-likeness (QED) is 0.645. The number of aryl methyl sites for hydroxylation is 1. The average Bonchev–Trinajstić information content (AvgIpc) is 2.92. The van der Waals surface area contributed by atoms with Crippen LogP contribution in [0.1, 0.15) is 10.7 Å². The van der Waals surface area contributed by atoms with Gasteiger partial charge in [0.2, 0.25) is 0 Å². The van der Waals surface area contributed by atoms with Crippen LogP contribution in [-0.2, 0) is 0 Å². The van der Waals surface area contributed by atoms with Crippen LogP contribution >= 0.6 is 11.3 Å². The Labute approximate surface area is 100 Å². The van der Waals surface area contributed by atoms with Crippen LogP contribution < -0.4 is 0 Å². The van der Waals surface area contributed by atoms with Gasteiger partial charge in [0.25, 0.3) is 5.82 Å². The van der Waals surface area contributed by atoms with Crippen molar-refractivity contribution in [1.82, 2.24) is 24.7 Å². The summed E-state index contributed by atoms with van der Waals surface area (Å²) in [6.45, 7) is 2.01. The van der Waals surface area contributed by atoms with E-state index in [0.29, 0.717) is 5.82 Å². The molecule has 0 fully saturated rings. The average molecular weight is 242 g/mol. The molecule has 0 aliphatic heterocycles. The monoisotopic (exact) mass is 242 g/mol. The van der Waals surface area contributed by atoms with Gasteiger partial charge in [-0.25, -0.2) is 19.6 Å². The van der Waals surface area contributed by atoms with E-state index in [9.17, 15) is 0 Å². The lowest BCUT2D eigenvalue weighted by Crippen LogP contribution is -1.99. The second-order valence-electron chi connectivity index (χ2n) is 3.40. The van der Waals surface area contributed by atoms with Gasteiger partial charge < -0.3 is 0 Å². The van der Waals surface area contributed by atoms with Crippen molar-refractivity contribution >= 4 is 21.6 Å². The fourth-order valence-electron chi connectivity index (χ4n) is 1.56. The van der Waals surface area contributed by atoms with Crippen molar-refractivity contribution in [2.45, 2.75) is 6.92 Å². The zero-order valence-electron chi connectivity index (χ0n) is 8.82. The van der Waals surface area contributed by atoms with Gasteiger partial charge >= 0.3 is 0 Å². The van der Waals surface area contributed by atoms with Crippen LogP contribution in [0.25, 0.3) is 16.0 Å². The Kier molecular flexibility index (Phi) is 2.09. The number of nitrogens with zero attached hydrogens (tertiary/aromatic N) is 6. The van der Waals surface area contributed by atoms with E-state index in [-0.39, 0.29) is 5.82 Å². The third kappa shape index (κ3) is 1.55. The van der Waals surface area contributed by atoms with Gasteiger partial charge in [-0.3, -0.25) is 0 Å². The highest BCUT2D eigenvalue weighted by atomic mass is 32.1. The van der Waals surface area contributed by atoms with Crippen molar-refractivity contribution in [1.29, 1.82) is 5.26 Å². The minimum absolute atomic E-state index is 0.128. The van der Waals surface area contributed by atoms with Crippen LogP contribution in [0.5, 0.6) is 0 Å². The van der Waals surface area contributed by atoms with Crippen molar-refractivity contribution in [3.05, 3.63) is 29.4 Å². The minimum Gasteiger partial charge on any atom is -0.225 e. The molecule has 6 nitrogen and oxygen atoms in total. The molecule has 0 amide bonds. The van der Waals surface area contributed by atoms with Gasteiger partial charge in [-0.15, -0.1) is 16.4 Å². The van der Waals surface area contributed by atoms with Gasteiger partial charge in [-0.05, 0) is 13.0 Å². The van der Waals surface area contributed by atoms with E-state index >= 15 is 0 Å². The maximum absolute atomic E-state index is 8.70. The number of hydrogen-bond acceptors (Lipinski definition) is 6. The van der Waals surface area contributed by atoms with Gasteiger partial charge in [0, 0.05) is 4.88 Å². The molecule has 0 saturated heterocycles. The number of hydrogen-bond donors (Lipinski definition) is 0. The molecule has 0 aliphatic carbocycles. The highest BCUT2D eigenvalue weighted by Crippen LogP contribution is 2.26. The molecule has 0 aromatic carbocycles. The van der Waals surface area contributed by atoms with Crippen LogP contribution in [0.4, 0.5) is 0 Å². The lowest BCUT2D eigenvalue weighted by Gasteiger charge is -1.99. The van der Waals surface area contributed by atoms with E-state index in [1.807, 2.05) is 19.1 Å². The third-order valence-corrected chi connectivity index (χ3v) is 3.20. The van der Waals surface area contributed by atoms with Crippen molar-refractivity contribution in [3.63, 3.8) is 0 Å². The first-order chi connectivity index (χ1) is 8.28. The molecule has 17 heavy (non-hydrogen) atoms. The highest BCUT2D eigenvalue weighted by molar-refractivity contribution is 7.18. The normalized spacial score (nSPS) is 10.6. The molecule has 0 spiro atoms. The Morgan fingerprint density at radius 2 is 2.24 bits per heavy atom. The highest BCUT2D eigenvalue weighted by Gasteiger charge is 2.10. The molecular weight excluding hydrogens is 236 g/mol. The molecule has 3 heterocycles. The number of nitriles is 1. The first kappa shape index (κ1) is 9.86. The summed E-state index contributed by atoms with van der Waals surface area (Å²) in [6, 6.07) is 3.89. The Morgan fingerprint density at radius 1 is 1.35 bits per heavy atom. The summed E-state index contributed by atoms with van der Waals surface area (Å²) in [5.41, 5.74) is 0. The number of aromatic nitrogens is 5. The van der Waals surface area contributed by atoms with Crippen LogP contribution in [0, 0.1) is 18.3 Å². The zero-order chi connectivity index (χ0) is 11.8. The van der Waals surface area contributed by atoms with E-state index < -0.39 is 0 Å². The first-order valence-electron chi connectivity index (χ1n) is 4.81. The topological polar surface area (TPSA) is 80.3 Å². The number of rotatable bonds is 1. The molecule has 0 unspecified atom stereocenters. The molecule has 0 N–H and O–H groups in total. The molecule has 3 aromatic heterocycles. The summed E-state index contributed by atoms with van der Waals surface area (Å²) in [6.07, 6.45) is 2.97. The smallest absolute Gasteiger partial charge is 0.225 e. The number of fused-ring (bicyclic) bond motifs is 1. The molecular formula is C10H6N6S. The second kappa shape index (κ2) is 3.61. The Bertz CT molecular complexity index is 735. The van der Waals surface area contributed by atoms with Crippen LogP contribution in [0.3, 0.4) is 0 Å². The molecule has 0 aliphatic rings. The zero-order valence-corrected chi connectivity index (χ0v) is 9.64. The predicted molar refractivity (Wildman–Crippen MR) is 61.8 cm³/mol. The molecule has 3 aromatic rings. The summed E-state index contributed by atoms with van der Waals surface area (Å²) in [5, 5.41) is 13.6. The summed E-state index contributed by atoms with van der Waals surface area (Å²) in [7, 11) is 0. The van der Waals surface area contributed by atoms with Crippen molar-refractivity contribution in [2.75, 3.05) is 0 Å². The van der Waals surface area contributed by atoms with Crippen molar-refractivity contribution < 1.29 is 0 Å². The van der Waals surface area contributed by atoms with Gasteiger partial charge in [-0.2, -0.15) is 5.26 Å². The second-order valence-corrected chi connectivity index (χ2v) is 4.63. The van der Waals surface area contributed by atoms with E-state index in [1.165, 1.54) is 17.3 Å². The maximum Gasteiger partial charge on any atom is 0.252 e. The first-order valence-corrected chi connectivity index (χ1v) is 5.63.